The summed E-state index contributed by atoms with van der Waals surface area (Å²) >= 11 is 3.51. The summed E-state index contributed by atoms with van der Waals surface area (Å²) in [6, 6.07) is 6.94. The zero-order valence-corrected chi connectivity index (χ0v) is 12.4. The van der Waals surface area contributed by atoms with Crippen LogP contribution in [0.2, 0.25) is 0 Å². The van der Waals surface area contributed by atoms with Crippen molar-refractivity contribution in [3.8, 4) is 0 Å². The Labute approximate surface area is 112 Å². The van der Waals surface area contributed by atoms with E-state index in [0.717, 1.165) is 11.0 Å². The molecule has 1 unspecified atom stereocenters. The van der Waals surface area contributed by atoms with E-state index in [1.807, 2.05) is 0 Å². The fourth-order valence-electron chi connectivity index (χ4n) is 2.35. The van der Waals surface area contributed by atoms with Crippen molar-refractivity contribution in [1.29, 1.82) is 0 Å². The zero-order chi connectivity index (χ0) is 12.5. The second-order valence-corrected chi connectivity index (χ2v) is 6.93. The first-order valence-electron chi connectivity index (χ1n) is 6.24. The minimum absolute atomic E-state index is 0.373. The van der Waals surface area contributed by atoms with Crippen LogP contribution in [-0.4, -0.2) is 12.6 Å². The van der Waals surface area contributed by atoms with Crippen molar-refractivity contribution in [2.75, 3.05) is 17.2 Å². The molecule has 0 aliphatic carbocycles. The Bertz CT molecular complexity index is 396. The molecule has 3 heteroatoms. The van der Waals surface area contributed by atoms with Crippen molar-refractivity contribution in [1.82, 2.24) is 0 Å². The average Bonchev–Trinajstić information content (AvgIpc) is 2.36. The molecule has 1 aromatic rings. The molecule has 0 aromatic heterocycles. The van der Waals surface area contributed by atoms with E-state index in [0.29, 0.717) is 11.5 Å². The lowest BCUT2D eigenvalue weighted by Gasteiger charge is -2.26. The van der Waals surface area contributed by atoms with Gasteiger partial charge in [-0.05, 0) is 36.5 Å². The Morgan fingerprint density at radius 3 is 2.76 bits per heavy atom. The summed E-state index contributed by atoms with van der Waals surface area (Å²) in [7, 11) is 0. The first kappa shape index (κ1) is 12.7. The molecule has 2 N–H and O–H groups in total. The average molecular weight is 297 g/mol. The van der Waals surface area contributed by atoms with Crippen molar-refractivity contribution in [2.45, 2.75) is 39.7 Å². The van der Waals surface area contributed by atoms with Gasteiger partial charge in [-0.2, -0.15) is 0 Å². The quantitative estimate of drug-likeness (QED) is 0.798. The molecule has 1 aromatic carbocycles. The maximum absolute atomic E-state index is 3.66. The molecule has 0 spiro atoms. The van der Waals surface area contributed by atoms with Gasteiger partial charge in [-0.1, -0.05) is 36.7 Å². The number of fused-ring (bicyclic) bond motifs is 1. The first-order valence-corrected chi connectivity index (χ1v) is 7.03. The Morgan fingerprint density at radius 1 is 1.29 bits per heavy atom. The molecular weight excluding hydrogens is 276 g/mol. The molecule has 0 amide bonds. The van der Waals surface area contributed by atoms with E-state index >= 15 is 0 Å². The van der Waals surface area contributed by atoms with Gasteiger partial charge in [0, 0.05) is 17.1 Å². The summed E-state index contributed by atoms with van der Waals surface area (Å²) in [6.07, 6.45) is 2.37. The van der Waals surface area contributed by atoms with E-state index in [1.165, 1.54) is 24.2 Å². The number of hydrogen-bond donors (Lipinski definition) is 2. The van der Waals surface area contributed by atoms with E-state index in [4.69, 9.17) is 0 Å². The largest absolute Gasteiger partial charge is 0.383 e. The molecule has 0 saturated heterocycles. The lowest BCUT2D eigenvalue weighted by atomic mass is 9.87. The van der Waals surface area contributed by atoms with Gasteiger partial charge >= 0.3 is 0 Å². The zero-order valence-electron chi connectivity index (χ0n) is 10.8. The van der Waals surface area contributed by atoms with Crippen LogP contribution in [0.15, 0.2) is 22.7 Å². The van der Waals surface area contributed by atoms with Gasteiger partial charge in [0.2, 0.25) is 0 Å². The molecule has 94 valence electrons. The van der Waals surface area contributed by atoms with E-state index in [1.54, 1.807) is 0 Å². The highest BCUT2D eigenvalue weighted by Gasteiger charge is 2.21. The molecule has 1 aliphatic heterocycles. The van der Waals surface area contributed by atoms with Crippen LogP contribution >= 0.6 is 15.9 Å². The lowest BCUT2D eigenvalue weighted by molar-refractivity contribution is 0.345. The molecule has 0 fully saturated rings. The van der Waals surface area contributed by atoms with Crippen molar-refractivity contribution < 1.29 is 0 Å². The SMILES string of the molecule is CC(C)(C)CC1CCNc2cc(Br)ccc2N1. The predicted molar refractivity (Wildman–Crippen MR) is 78.7 cm³/mol. The number of benzene rings is 1. The van der Waals surface area contributed by atoms with Gasteiger partial charge in [-0.25, -0.2) is 0 Å². The number of rotatable bonds is 1. The number of hydrogen-bond acceptors (Lipinski definition) is 2. The molecule has 0 radical (unpaired) electrons. The van der Waals surface area contributed by atoms with E-state index in [9.17, 15) is 0 Å². The van der Waals surface area contributed by atoms with Crippen molar-refractivity contribution in [2.24, 2.45) is 5.41 Å². The van der Waals surface area contributed by atoms with Gasteiger partial charge in [0.15, 0.2) is 0 Å². The molecular formula is C14H21BrN2. The highest BCUT2D eigenvalue weighted by molar-refractivity contribution is 9.10. The van der Waals surface area contributed by atoms with E-state index in [-0.39, 0.29) is 0 Å². The highest BCUT2D eigenvalue weighted by Crippen LogP contribution is 2.32. The van der Waals surface area contributed by atoms with E-state index < -0.39 is 0 Å². The monoisotopic (exact) mass is 296 g/mol. The maximum atomic E-state index is 3.66. The minimum Gasteiger partial charge on any atom is -0.383 e. The van der Waals surface area contributed by atoms with Crippen LogP contribution in [0.5, 0.6) is 0 Å². The van der Waals surface area contributed by atoms with Crippen LogP contribution in [0.1, 0.15) is 33.6 Å². The smallest absolute Gasteiger partial charge is 0.0587 e. The van der Waals surface area contributed by atoms with Crippen molar-refractivity contribution >= 4 is 27.3 Å². The number of nitrogens with one attached hydrogen (secondary N) is 2. The summed E-state index contributed by atoms with van der Waals surface area (Å²) in [6.45, 7) is 7.94. The Morgan fingerprint density at radius 2 is 2.06 bits per heavy atom. The third kappa shape index (κ3) is 3.63. The number of anilines is 2. The predicted octanol–water partition coefficient (Wildman–Crippen LogP) is 4.48. The van der Waals surface area contributed by atoms with Crippen LogP contribution in [-0.2, 0) is 0 Å². The van der Waals surface area contributed by atoms with Gasteiger partial charge in [0.25, 0.3) is 0 Å². The normalized spacial score (nSPS) is 19.9. The summed E-state index contributed by atoms with van der Waals surface area (Å²) in [5.41, 5.74) is 2.80. The Balaban J connectivity index is 2.14. The van der Waals surface area contributed by atoms with Crippen molar-refractivity contribution in [3.05, 3.63) is 22.7 Å². The summed E-state index contributed by atoms with van der Waals surface area (Å²) in [5.74, 6) is 0. The summed E-state index contributed by atoms with van der Waals surface area (Å²) in [4.78, 5) is 0. The van der Waals surface area contributed by atoms with Gasteiger partial charge < -0.3 is 10.6 Å². The fourth-order valence-corrected chi connectivity index (χ4v) is 2.72. The van der Waals surface area contributed by atoms with Crippen LogP contribution in [0.25, 0.3) is 0 Å². The molecule has 0 bridgehead atoms. The van der Waals surface area contributed by atoms with Gasteiger partial charge in [0.1, 0.15) is 0 Å². The van der Waals surface area contributed by atoms with Crippen LogP contribution in [0.4, 0.5) is 11.4 Å². The molecule has 2 nitrogen and oxygen atoms in total. The molecule has 1 atom stereocenters. The van der Waals surface area contributed by atoms with Crippen LogP contribution in [0, 0.1) is 5.41 Å². The third-order valence-electron chi connectivity index (χ3n) is 3.01. The maximum Gasteiger partial charge on any atom is 0.0587 e. The minimum atomic E-state index is 0.373. The van der Waals surface area contributed by atoms with Gasteiger partial charge in [-0.3, -0.25) is 0 Å². The molecule has 0 saturated carbocycles. The fraction of sp³-hybridized carbons (Fsp3) is 0.571. The summed E-state index contributed by atoms with van der Waals surface area (Å²) < 4.78 is 1.12. The first-order chi connectivity index (χ1) is 7.94. The van der Waals surface area contributed by atoms with Crippen LogP contribution in [0.3, 0.4) is 0 Å². The second-order valence-electron chi connectivity index (χ2n) is 6.01. The highest BCUT2D eigenvalue weighted by atomic mass is 79.9. The van der Waals surface area contributed by atoms with E-state index in [2.05, 4.69) is 65.5 Å². The number of halogens is 1. The Kier molecular flexibility index (Phi) is 3.67. The van der Waals surface area contributed by atoms with Crippen LogP contribution < -0.4 is 10.6 Å². The van der Waals surface area contributed by atoms with Gasteiger partial charge in [0.05, 0.1) is 11.4 Å². The molecule has 2 rings (SSSR count). The lowest BCUT2D eigenvalue weighted by Crippen LogP contribution is -2.25. The second kappa shape index (κ2) is 4.89. The molecule has 1 aliphatic rings. The third-order valence-corrected chi connectivity index (χ3v) is 3.50. The summed E-state index contributed by atoms with van der Waals surface area (Å²) in [5, 5.41) is 7.15. The Hall–Kier alpha value is -0.700. The standard InChI is InChI=1S/C14H21BrN2/c1-14(2,3)9-11-6-7-16-13-8-10(15)4-5-12(13)17-11/h4-5,8,11,16-17H,6-7,9H2,1-3H3. The van der Waals surface area contributed by atoms with Crippen molar-refractivity contribution in [3.63, 3.8) is 0 Å². The topological polar surface area (TPSA) is 24.1 Å². The molecule has 1 heterocycles. The van der Waals surface area contributed by atoms with Gasteiger partial charge in [-0.15, -0.1) is 0 Å². The molecule has 17 heavy (non-hydrogen) atoms.